The van der Waals surface area contributed by atoms with Crippen molar-refractivity contribution in [3.05, 3.63) is 77.1 Å². The van der Waals surface area contributed by atoms with Gasteiger partial charge < -0.3 is 15.1 Å². The maximum absolute atomic E-state index is 6.00. The Hall–Kier alpha value is -2.79. The molecule has 3 rings (SSSR count). The lowest BCUT2D eigenvalue weighted by molar-refractivity contribution is 0.572. The number of nitrogens with zero attached hydrogens (tertiary/aromatic N) is 2. The van der Waals surface area contributed by atoms with Crippen LogP contribution in [0.15, 0.2) is 70.3 Å². The predicted octanol–water partition coefficient (Wildman–Crippen LogP) is 3.86. The summed E-state index contributed by atoms with van der Waals surface area (Å²) in [7, 11) is 1.73. The fourth-order valence-electron chi connectivity index (χ4n) is 2.33. The summed E-state index contributed by atoms with van der Waals surface area (Å²) in [5, 5.41) is 7.18. The second-order valence-electron chi connectivity index (χ2n) is 5.42. The van der Waals surface area contributed by atoms with Gasteiger partial charge in [0.2, 0.25) is 5.89 Å². The first-order chi connectivity index (χ1) is 12.2. The normalized spacial score (nSPS) is 11.4. The molecule has 0 aliphatic heterocycles. The largest absolute Gasteiger partial charge is 0.444 e. The number of guanidine groups is 1. The van der Waals surface area contributed by atoms with E-state index in [0.29, 0.717) is 24.9 Å². The second-order valence-corrected chi connectivity index (χ2v) is 5.86. The molecule has 0 saturated carbocycles. The van der Waals surface area contributed by atoms with Crippen LogP contribution in [-0.2, 0) is 13.1 Å². The molecule has 0 fully saturated rings. The molecule has 2 N–H and O–H groups in total. The van der Waals surface area contributed by atoms with Crippen molar-refractivity contribution in [1.29, 1.82) is 0 Å². The third-order valence-electron chi connectivity index (χ3n) is 3.58. The number of aliphatic imine (C=N–C) groups is 1. The van der Waals surface area contributed by atoms with E-state index in [1.54, 1.807) is 13.3 Å². The molecule has 0 aliphatic carbocycles. The van der Waals surface area contributed by atoms with Crippen LogP contribution in [0.3, 0.4) is 0 Å². The van der Waals surface area contributed by atoms with Gasteiger partial charge in [-0.3, -0.25) is 4.99 Å². The van der Waals surface area contributed by atoms with Crippen LogP contribution in [-0.4, -0.2) is 18.0 Å². The molecular weight excluding hydrogens is 336 g/mol. The fraction of sp³-hybridized carbons (Fsp3) is 0.158. The molecule has 0 aliphatic rings. The molecule has 6 heteroatoms. The first-order valence-electron chi connectivity index (χ1n) is 7.93. The van der Waals surface area contributed by atoms with Crippen LogP contribution in [0.5, 0.6) is 0 Å². The molecule has 0 saturated heterocycles. The highest BCUT2D eigenvalue weighted by Crippen LogP contribution is 2.17. The second kappa shape index (κ2) is 8.35. The van der Waals surface area contributed by atoms with Crippen molar-refractivity contribution in [3.8, 4) is 11.5 Å². The Bertz CT molecular complexity index is 845. The van der Waals surface area contributed by atoms with Gasteiger partial charge in [-0.1, -0.05) is 41.9 Å². The zero-order chi connectivity index (χ0) is 17.5. The van der Waals surface area contributed by atoms with Crippen LogP contribution in [0.2, 0.25) is 5.02 Å². The summed E-state index contributed by atoms with van der Waals surface area (Å²) in [6, 6.07) is 17.5. The van der Waals surface area contributed by atoms with E-state index in [2.05, 4.69) is 20.6 Å². The van der Waals surface area contributed by atoms with Gasteiger partial charge in [0, 0.05) is 24.2 Å². The predicted molar refractivity (Wildman–Crippen MR) is 100 cm³/mol. The van der Waals surface area contributed by atoms with E-state index in [0.717, 1.165) is 21.8 Å². The van der Waals surface area contributed by atoms with Crippen molar-refractivity contribution >= 4 is 17.6 Å². The fourth-order valence-corrected chi connectivity index (χ4v) is 2.54. The number of oxazole rings is 1. The van der Waals surface area contributed by atoms with E-state index in [9.17, 15) is 0 Å². The maximum Gasteiger partial charge on any atom is 0.226 e. The molecule has 1 heterocycles. The minimum Gasteiger partial charge on any atom is -0.444 e. The highest BCUT2D eigenvalue weighted by Gasteiger charge is 2.07. The zero-order valence-corrected chi connectivity index (χ0v) is 14.6. The average Bonchev–Trinajstić information content (AvgIpc) is 3.12. The van der Waals surface area contributed by atoms with Crippen molar-refractivity contribution < 1.29 is 4.42 Å². The lowest BCUT2D eigenvalue weighted by Crippen LogP contribution is -2.36. The molecule has 2 aromatic carbocycles. The lowest BCUT2D eigenvalue weighted by atomic mass is 10.2. The van der Waals surface area contributed by atoms with Gasteiger partial charge in [0.15, 0.2) is 5.96 Å². The first-order valence-corrected chi connectivity index (χ1v) is 8.31. The van der Waals surface area contributed by atoms with Crippen molar-refractivity contribution in [2.45, 2.75) is 13.1 Å². The summed E-state index contributed by atoms with van der Waals surface area (Å²) < 4.78 is 5.53. The van der Waals surface area contributed by atoms with Crippen LogP contribution in [0.25, 0.3) is 11.5 Å². The molecule has 3 aromatic rings. The number of rotatable bonds is 5. The molecule has 128 valence electrons. The minimum absolute atomic E-state index is 0.519. The van der Waals surface area contributed by atoms with Crippen molar-refractivity contribution in [2.24, 2.45) is 4.99 Å². The van der Waals surface area contributed by atoms with E-state index in [1.165, 1.54) is 0 Å². The molecule has 5 nitrogen and oxygen atoms in total. The lowest BCUT2D eigenvalue weighted by Gasteiger charge is -2.11. The van der Waals surface area contributed by atoms with Gasteiger partial charge in [0.25, 0.3) is 0 Å². The van der Waals surface area contributed by atoms with E-state index in [1.807, 2.05) is 54.6 Å². The summed E-state index contributed by atoms with van der Waals surface area (Å²) in [6.45, 7) is 1.15. The summed E-state index contributed by atoms with van der Waals surface area (Å²) in [5.74, 6) is 1.29. The van der Waals surface area contributed by atoms with Gasteiger partial charge in [-0.25, -0.2) is 4.98 Å². The third kappa shape index (κ3) is 4.84. The van der Waals surface area contributed by atoms with Crippen LogP contribution in [0.4, 0.5) is 0 Å². The molecule has 1 aromatic heterocycles. The van der Waals surface area contributed by atoms with E-state index in [-0.39, 0.29) is 0 Å². The van der Waals surface area contributed by atoms with E-state index < -0.39 is 0 Å². The Morgan fingerprint density at radius 1 is 1.08 bits per heavy atom. The topological polar surface area (TPSA) is 62.5 Å². The van der Waals surface area contributed by atoms with Gasteiger partial charge in [0.05, 0.1) is 12.2 Å². The smallest absolute Gasteiger partial charge is 0.226 e. The highest BCUT2D eigenvalue weighted by molar-refractivity contribution is 6.30. The molecule has 0 spiro atoms. The SMILES string of the molecule is CN=C(NCc1cccc(Cl)c1)NCc1coc(-c2ccccc2)n1. The molecule has 0 amide bonds. The Labute approximate surface area is 151 Å². The monoisotopic (exact) mass is 354 g/mol. The molecular formula is C19H19ClN4O. The number of hydrogen-bond donors (Lipinski definition) is 2. The Morgan fingerprint density at radius 2 is 1.88 bits per heavy atom. The maximum atomic E-state index is 6.00. The number of hydrogen-bond acceptors (Lipinski definition) is 3. The Balaban J connectivity index is 1.54. The minimum atomic E-state index is 0.519. The number of aromatic nitrogens is 1. The van der Waals surface area contributed by atoms with E-state index >= 15 is 0 Å². The van der Waals surface area contributed by atoms with Gasteiger partial charge in [0.1, 0.15) is 6.26 Å². The van der Waals surface area contributed by atoms with Crippen LogP contribution in [0, 0.1) is 0 Å². The van der Waals surface area contributed by atoms with Crippen LogP contribution in [0.1, 0.15) is 11.3 Å². The summed E-state index contributed by atoms with van der Waals surface area (Å²) in [5.41, 5.74) is 2.85. The average molecular weight is 355 g/mol. The molecule has 25 heavy (non-hydrogen) atoms. The molecule has 0 atom stereocenters. The summed E-state index contributed by atoms with van der Waals surface area (Å²) >= 11 is 6.00. The molecule has 0 radical (unpaired) electrons. The molecule has 0 bridgehead atoms. The van der Waals surface area contributed by atoms with Gasteiger partial charge in [-0.05, 0) is 29.8 Å². The molecule has 0 unspecified atom stereocenters. The van der Waals surface area contributed by atoms with Crippen molar-refractivity contribution in [1.82, 2.24) is 15.6 Å². The van der Waals surface area contributed by atoms with Crippen LogP contribution >= 0.6 is 11.6 Å². The van der Waals surface area contributed by atoms with Crippen LogP contribution < -0.4 is 10.6 Å². The highest BCUT2D eigenvalue weighted by atomic mass is 35.5. The third-order valence-corrected chi connectivity index (χ3v) is 3.82. The number of halogens is 1. The standard InChI is InChI=1S/C19H19ClN4O/c1-21-19(22-11-14-6-5-9-16(20)10-14)23-12-17-13-25-18(24-17)15-7-3-2-4-8-15/h2-10,13H,11-12H2,1H3,(H2,21,22,23). The van der Waals surface area contributed by atoms with Gasteiger partial charge in [-0.15, -0.1) is 0 Å². The zero-order valence-electron chi connectivity index (χ0n) is 13.9. The van der Waals surface area contributed by atoms with E-state index in [4.69, 9.17) is 16.0 Å². The summed E-state index contributed by atoms with van der Waals surface area (Å²) in [6.07, 6.45) is 1.65. The van der Waals surface area contributed by atoms with Gasteiger partial charge in [-0.2, -0.15) is 0 Å². The van der Waals surface area contributed by atoms with Crippen molar-refractivity contribution in [3.63, 3.8) is 0 Å². The number of benzene rings is 2. The quantitative estimate of drug-likeness (QED) is 0.539. The van der Waals surface area contributed by atoms with Crippen molar-refractivity contribution in [2.75, 3.05) is 7.05 Å². The Morgan fingerprint density at radius 3 is 2.64 bits per heavy atom. The van der Waals surface area contributed by atoms with Gasteiger partial charge >= 0.3 is 0 Å². The summed E-state index contributed by atoms with van der Waals surface area (Å²) in [4.78, 5) is 8.70. The first kappa shape index (κ1) is 17.0. The number of nitrogens with one attached hydrogen (secondary N) is 2. The Kier molecular flexibility index (Phi) is 5.69.